The Balaban J connectivity index is 1.61. The molecule has 1 fully saturated rings. The number of benzene rings is 1. The lowest BCUT2D eigenvalue weighted by Crippen LogP contribution is -2.31. The normalized spacial score (nSPS) is 17.1. The zero-order valence-electron chi connectivity index (χ0n) is 11.2. The molecular weight excluding hydrogens is 224 g/mol. The molecule has 0 saturated heterocycles. The van der Waals surface area contributed by atoms with Gasteiger partial charge in [0.25, 0.3) is 0 Å². The van der Waals surface area contributed by atoms with E-state index in [1.54, 1.807) is 0 Å². The minimum absolute atomic E-state index is 0.0830. The standard InChI is InChI=1S/C15H24N2O/c1-17(9-10-18-12-13-7-8-13)11-15(16)14-5-3-2-4-6-14/h2-6,13,15H,7-12,16H2,1H3. The van der Waals surface area contributed by atoms with Gasteiger partial charge in [-0.2, -0.15) is 0 Å². The van der Waals surface area contributed by atoms with Gasteiger partial charge in [-0.3, -0.25) is 0 Å². The maximum atomic E-state index is 6.18. The second kappa shape index (κ2) is 6.88. The molecular formula is C15H24N2O. The summed E-state index contributed by atoms with van der Waals surface area (Å²) in [5, 5.41) is 0. The summed E-state index contributed by atoms with van der Waals surface area (Å²) in [5.41, 5.74) is 7.37. The van der Waals surface area contributed by atoms with Crippen LogP contribution in [-0.2, 0) is 4.74 Å². The van der Waals surface area contributed by atoms with Crippen LogP contribution in [0, 0.1) is 5.92 Å². The summed E-state index contributed by atoms with van der Waals surface area (Å²) >= 11 is 0. The summed E-state index contributed by atoms with van der Waals surface area (Å²) in [6.45, 7) is 3.58. The molecule has 1 saturated carbocycles. The van der Waals surface area contributed by atoms with Gasteiger partial charge < -0.3 is 15.4 Å². The largest absolute Gasteiger partial charge is 0.380 e. The van der Waals surface area contributed by atoms with Crippen molar-refractivity contribution in [3.05, 3.63) is 35.9 Å². The van der Waals surface area contributed by atoms with Crippen LogP contribution in [-0.4, -0.2) is 38.3 Å². The van der Waals surface area contributed by atoms with E-state index in [0.717, 1.165) is 32.2 Å². The molecule has 0 bridgehead atoms. The highest BCUT2D eigenvalue weighted by atomic mass is 16.5. The van der Waals surface area contributed by atoms with Gasteiger partial charge in [0.05, 0.1) is 6.61 Å². The van der Waals surface area contributed by atoms with E-state index in [9.17, 15) is 0 Å². The monoisotopic (exact) mass is 248 g/mol. The van der Waals surface area contributed by atoms with E-state index in [1.807, 2.05) is 18.2 Å². The third kappa shape index (κ3) is 4.77. The molecule has 1 aliphatic carbocycles. The first-order chi connectivity index (χ1) is 8.75. The Morgan fingerprint density at radius 2 is 2.06 bits per heavy atom. The van der Waals surface area contributed by atoms with Crippen molar-refractivity contribution in [3.8, 4) is 0 Å². The van der Waals surface area contributed by atoms with Crippen LogP contribution in [0.25, 0.3) is 0 Å². The number of nitrogens with zero attached hydrogens (tertiary/aromatic N) is 1. The van der Waals surface area contributed by atoms with Crippen LogP contribution in [0.5, 0.6) is 0 Å². The van der Waals surface area contributed by atoms with Crippen molar-refractivity contribution in [1.29, 1.82) is 0 Å². The summed E-state index contributed by atoms with van der Waals surface area (Å²) in [4.78, 5) is 2.24. The van der Waals surface area contributed by atoms with Gasteiger partial charge in [0, 0.05) is 25.7 Å². The van der Waals surface area contributed by atoms with Gasteiger partial charge in [0.1, 0.15) is 0 Å². The molecule has 2 N–H and O–H groups in total. The van der Waals surface area contributed by atoms with Crippen molar-refractivity contribution in [1.82, 2.24) is 4.90 Å². The zero-order valence-corrected chi connectivity index (χ0v) is 11.2. The molecule has 0 aromatic heterocycles. The predicted molar refractivity (Wildman–Crippen MR) is 74.4 cm³/mol. The molecule has 3 nitrogen and oxygen atoms in total. The Bertz CT molecular complexity index is 338. The van der Waals surface area contributed by atoms with Crippen molar-refractivity contribution in [3.63, 3.8) is 0 Å². The summed E-state index contributed by atoms with van der Waals surface area (Å²) in [5.74, 6) is 0.849. The van der Waals surface area contributed by atoms with Crippen LogP contribution in [0.3, 0.4) is 0 Å². The molecule has 0 radical (unpaired) electrons. The molecule has 0 aliphatic heterocycles. The maximum absolute atomic E-state index is 6.18. The number of hydrogen-bond donors (Lipinski definition) is 1. The number of ether oxygens (including phenoxy) is 1. The molecule has 1 atom stereocenters. The van der Waals surface area contributed by atoms with Crippen LogP contribution in [0.2, 0.25) is 0 Å². The van der Waals surface area contributed by atoms with Crippen molar-refractivity contribution in [2.75, 3.05) is 33.4 Å². The Morgan fingerprint density at radius 3 is 2.72 bits per heavy atom. The maximum Gasteiger partial charge on any atom is 0.0593 e. The molecule has 18 heavy (non-hydrogen) atoms. The van der Waals surface area contributed by atoms with Crippen molar-refractivity contribution in [2.24, 2.45) is 11.7 Å². The molecule has 0 amide bonds. The number of likely N-dealkylation sites (N-methyl/N-ethyl adjacent to an activating group) is 1. The van der Waals surface area contributed by atoms with E-state index in [0.29, 0.717) is 0 Å². The summed E-state index contributed by atoms with van der Waals surface area (Å²) in [6, 6.07) is 10.3. The van der Waals surface area contributed by atoms with Crippen molar-refractivity contribution < 1.29 is 4.74 Å². The lowest BCUT2D eigenvalue weighted by molar-refractivity contribution is 0.102. The van der Waals surface area contributed by atoms with Crippen LogP contribution < -0.4 is 5.73 Å². The summed E-state index contributed by atoms with van der Waals surface area (Å²) < 4.78 is 5.63. The van der Waals surface area contributed by atoms with Gasteiger partial charge in [-0.05, 0) is 31.4 Å². The first-order valence-corrected chi connectivity index (χ1v) is 6.82. The Kier molecular flexibility index (Phi) is 5.17. The minimum atomic E-state index is 0.0830. The van der Waals surface area contributed by atoms with Crippen LogP contribution >= 0.6 is 0 Å². The molecule has 3 heteroatoms. The van der Waals surface area contributed by atoms with Gasteiger partial charge in [0.2, 0.25) is 0 Å². The molecule has 1 unspecified atom stereocenters. The van der Waals surface area contributed by atoms with Crippen LogP contribution in [0.4, 0.5) is 0 Å². The summed E-state index contributed by atoms with van der Waals surface area (Å²) in [6.07, 6.45) is 2.71. The zero-order chi connectivity index (χ0) is 12.8. The molecule has 1 aromatic rings. The number of nitrogens with two attached hydrogens (primary N) is 1. The van der Waals surface area contributed by atoms with E-state index >= 15 is 0 Å². The minimum Gasteiger partial charge on any atom is -0.380 e. The predicted octanol–water partition coefficient (Wildman–Crippen LogP) is 2.04. The fourth-order valence-corrected chi connectivity index (χ4v) is 1.99. The Hall–Kier alpha value is -0.900. The molecule has 100 valence electrons. The van der Waals surface area contributed by atoms with Crippen molar-refractivity contribution in [2.45, 2.75) is 18.9 Å². The second-order valence-electron chi connectivity index (χ2n) is 5.30. The molecule has 0 heterocycles. The topological polar surface area (TPSA) is 38.5 Å². The third-order valence-corrected chi connectivity index (χ3v) is 3.40. The smallest absolute Gasteiger partial charge is 0.0593 e. The average Bonchev–Trinajstić information content (AvgIpc) is 3.20. The molecule has 1 aliphatic rings. The molecule has 1 aromatic carbocycles. The fourth-order valence-electron chi connectivity index (χ4n) is 1.99. The highest BCUT2D eigenvalue weighted by Crippen LogP contribution is 2.28. The van der Waals surface area contributed by atoms with Gasteiger partial charge in [-0.1, -0.05) is 30.3 Å². The van der Waals surface area contributed by atoms with Gasteiger partial charge in [-0.15, -0.1) is 0 Å². The third-order valence-electron chi connectivity index (χ3n) is 3.40. The lowest BCUT2D eigenvalue weighted by atomic mass is 10.1. The molecule has 2 rings (SSSR count). The molecule has 0 spiro atoms. The van der Waals surface area contributed by atoms with Crippen LogP contribution in [0.15, 0.2) is 30.3 Å². The van der Waals surface area contributed by atoms with Crippen molar-refractivity contribution >= 4 is 0 Å². The van der Waals surface area contributed by atoms with E-state index in [2.05, 4.69) is 24.1 Å². The Labute approximate surface area is 110 Å². The summed E-state index contributed by atoms with van der Waals surface area (Å²) in [7, 11) is 2.10. The van der Waals surface area contributed by atoms with Crippen LogP contribution in [0.1, 0.15) is 24.4 Å². The van der Waals surface area contributed by atoms with E-state index in [-0.39, 0.29) is 6.04 Å². The van der Waals surface area contributed by atoms with Gasteiger partial charge in [0.15, 0.2) is 0 Å². The SMILES string of the molecule is CN(CCOCC1CC1)CC(N)c1ccccc1. The number of hydrogen-bond acceptors (Lipinski definition) is 3. The highest BCUT2D eigenvalue weighted by molar-refractivity contribution is 5.18. The second-order valence-corrected chi connectivity index (χ2v) is 5.30. The Morgan fingerprint density at radius 1 is 1.33 bits per heavy atom. The van der Waals surface area contributed by atoms with E-state index in [4.69, 9.17) is 10.5 Å². The lowest BCUT2D eigenvalue weighted by Gasteiger charge is -2.21. The fraction of sp³-hybridized carbons (Fsp3) is 0.600. The first-order valence-electron chi connectivity index (χ1n) is 6.82. The highest BCUT2D eigenvalue weighted by Gasteiger charge is 2.21. The van der Waals surface area contributed by atoms with E-state index in [1.165, 1.54) is 18.4 Å². The van der Waals surface area contributed by atoms with Gasteiger partial charge in [-0.25, -0.2) is 0 Å². The number of rotatable bonds is 8. The van der Waals surface area contributed by atoms with E-state index < -0.39 is 0 Å². The van der Waals surface area contributed by atoms with Gasteiger partial charge >= 0.3 is 0 Å². The first kappa shape index (κ1) is 13.5. The quantitative estimate of drug-likeness (QED) is 0.716. The average molecular weight is 248 g/mol.